The van der Waals surface area contributed by atoms with E-state index in [-0.39, 0.29) is 35.5 Å². The molecule has 3 aromatic carbocycles. The molecule has 40 heavy (non-hydrogen) atoms. The summed E-state index contributed by atoms with van der Waals surface area (Å²) in [5.74, 6) is 0.200. The number of sulfone groups is 1. The summed E-state index contributed by atoms with van der Waals surface area (Å²) in [6, 6.07) is 22.7. The number of nitrogens with zero attached hydrogens (tertiary/aromatic N) is 1. The molecule has 212 valence electrons. The van der Waals surface area contributed by atoms with E-state index in [0.717, 1.165) is 4.47 Å². The van der Waals surface area contributed by atoms with Crippen molar-refractivity contribution in [1.29, 1.82) is 0 Å². The van der Waals surface area contributed by atoms with Crippen molar-refractivity contribution in [1.82, 2.24) is 5.32 Å². The largest absolute Gasteiger partial charge is 0.494 e. The minimum Gasteiger partial charge on any atom is -0.494 e. The summed E-state index contributed by atoms with van der Waals surface area (Å²) in [7, 11) is -3.70. The number of carbonyl (C=O) groups excluding carboxylic acids is 1. The fourth-order valence-corrected chi connectivity index (χ4v) is 6.09. The highest BCUT2D eigenvalue weighted by Gasteiger charge is 2.53. The first-order chi connectivity index (χ1) is 19.3. The van der Waals surface area contributed by atoms with Crippen molar-refractivity contribution in [2.45, 2.75) is 42.7 Å². The highest BCUT2D eigenvalue weighted by Crippen LogP contribution is 2.43. The Morgan fingerprint density at radius 3 is 2.42 bits per heavy atom. The zero-order chi connectivity index (χ0) is 28.6. The molecular weight excluding hydrogens is 596 g/mol. The first-order valence-corrected chi connectivity index (χ1v) is 15.7. The molecule has 0 bridgehead atoms. The monoisotopic (exact) mass is 628 g/mol. The van der Waals surface area contributed by atoms with E-state index in [4.69, 9.17) is 19.6 Å². The first-order valence-electron chi connectivity index (χ1n) is 13.2. The van der Waals surface area contributed by atoms with E-state index < -0.39 is 21.5 Å². The lowest BCUT2D eigenvalue weighted by Crippen LogP contribution is -2.49. The number of benzene rings is 3. The highest BCUT2D eigenvalue weighted by molar-refractivity contribution is 9.10. The SMILES string of the molecule is CCCNC(=O)[C@]1(CCS(=O)(=O)c2ccccc2)N=C(c2ccc(OCCCO)cc2)O[C@@H]1c1ccc(Br)cc1. The van der Waals surface area contributed by atoms with Gasteiger partial charge in [0.05, 0.1) is 17.3 Å². The minimum atomic E-state index is -3.70. The maximum atomic E-state index is 13.9. The van der Waals surface area contributed by atoms with Gasteiger partial charge in [-0.05, 0) is 60.5 Å². The maximum absolute atomic E-state index is 13.9. The van der Waals surface area contributed by atoms with Crippen molar-refractivity contribution in [3.05, 3.63) is 94.5 Å². The highest BCUT2D eigenvalue weighted by atomic mass is 79.9. The number of hydrogen-bond donors (Lipinski definition) is 2. The van der Waals surface area contributed by atoms with Gasteiger partial charge in [0, 0.05) is 36.0 Å². The molecule has 0 radical (unpaired) electrons. The number of ether oxygens (including phenoxy) is 2. The predicted molar refractivity (Wildman–Crippen MR) is 157 cm³/mol. The van der Waals surface area contributed by atoms with E-state index >= 15 is 0 Å². The Bertz CT molecular complexity index is 1410. The van der Waals surface area contributed by atoms with E-state index in [2.05, 4.69) is 21.2 Å². The molecule has 0 saturated carbocycles. The molecule has 3 aromatic rings. The van der Waals surface area contributed by atoms with Gasteiger partial charge in [-0.1, -0.05) is 53.2 Å². The number of aliphatic hydroxyl groups excluding tert-OH is 1. The number of rotatable bonds is 13. The molecule has 4 rings (SSSR count). The molecule has 10 heteroatoms. The second-order valence-electron chi connectivity index (χ2n) is 9.48. The number of amides is 1. The summed E-state index contributed by atoms with van der Waals surface area (Å²) in [6.07, 6.45) is 0.307. The van der Waals surface area contributed by atoms with Crippen LogP contribution in [0.4, 0.5) is 0 Å². The number of hydrogen-bond acceptors (Lipinski definition) is 7. The van der Waals surface area contributed by atoms with Crippen LogP contribution in [0.5, 0.6) is 5.75 Å². The Balaban J connectivity index is 1.74. The van der Waals surface area contributed by atoms with Gasteiger partial charge in [-0.15, -0.1) is 0 Å². The Morgan fingerprint density at radius 1 is 1.07 bits per heavy atom. The zero-order valence-corrected chi connectivity index (χ0v) is 24.7. The second-order valence-corrected chi connectivity index (χ2v) is 12.5. The minimum absolute atomic E-state index is 0.0440. The van der Waals surface area contributed by atoms with Crippen molar-refractivity contribution in [2.75, 3.05) is 25.5 Å². The zero-order valence-electron chi connectivity index (χ0n) is 22.3. The van der Waals surface area contributed by atoms with Crippen LogP contribution in [0.15, 0.2) is 93.2 Å². The predicted octanol–water partition coefficient (Wildman–Crippen LogP) is 4.86. The van der Waals surface area contributed by atoms with E-state index in [1.165, 1.54) is 0 Å². The lowest BCUT2D eigenvalue weighted by molar-refractivity contribution is -0.129. The third kappa shape index (κ3) is 6.92. The molecule has 1 amide bonds. The Kier molecular flexibility index (Phi) is 9.99. The third-order valence-corrected chi connectivity index (χ3v) is 8.85. The molecule has 0 unspecified atom stereocenters. The molecule has 0 saturated heterocycles. The molecule has 0 fully saturated rings. The molecule has 2 atom stereocenters. The van der Waals surface area contributed by atoms with Gasteiger partial charge in [0.25, 0.3) is 5.91 Å². The van der Waals surface area contributed by atoms with Crippen LogP contribution in [0.2, 0.25) is 0 Å². The first kappa shape index (κ1) is 29.8. The number of carbonyl (C=O) groups is 1. The van der Waals surface area contributed by atoms with Gasteiger partial charge < -0.3 is 19.9 Å². The van der Waals surface area contributed by atoms with E-state index in [1.54, 1.807) is 54.6 Å². The van der Waals surface area contributed by atoms with Crippen molar-refractivity contribution in [3.63, 3.8) is 0 Å². The van der Waals surface area contributed by atoms with E-state index in [9.17, 15) is 13.2 Å². The van der Waals surface area contributed by atoms with Crippen LogP contribution >= 0.6 is 15.9 Å². The van der Waals surface area contributed by atoms with Gasteiger partial charge in [0.2, 0.25) is 5.90 Å². The van der Waals surface area contributed by atoms with Crippen molar-refractivity contribution < 1.29 is 27.8 Å². The Hall–Kier alpha value is -3.21. The van der Waals surface area contributed by atoms with Gasteiger partial charge in [-0.3, -0.25) is 4.79 Å². The van der Waals surface area contributed by atoms with Crippen LogP contribution in [-0.2, 0) is 19.4 Å². The normalized spacial score (nSPS) is 18.6. The molecule has 0 spiro atoms. The number of halogens is 1. The summed E-state index contributed by atoms with van der Waals surface area (Å²) >= 11 is 3.45. The van der Waals surface area contributed by atoms with Gasteiger partial charge in [-0.25, -0.2) is 13.4 Å². The number of aliphatic hydroxyl groups is 1. The van der Waals surface area contributed by atoms with E-state index in [1.807, 2.05) is 31.2 Å². The molecular formula is C30H33BrN2O6S. The summed E-state index contributed by atoms with van der Waals surface area (Å²) in [4.78, 5) is 18.9. The van der Waals surface area contributed by atoms with E-state index in [0.29, 0.717) is 42.9 Å². The second kappa shape index (κ2) is 13.4. The quantitative estimate of drug-likeness (QED) is 0.261. The van der Waals surface area contributed by atoms with Crippen LogP contribution in [0.3, 0.4) is 0 Å². The van der Waals surface area contributed by atoms with Crippen molar-refractivity contribution in [2.24, 2.45) is 4.99 Å². The fourth-order valence-electron chi connectivity index (χ4n) is 4.44. The summed E-state index contributed by atoms with van der Waals surface area (Å²) < 4.78 is 39.5. The molecule has 1 aliphatic heterocycles. The van der Waals surface area contributed by atoms with Crippen LogP contribution in [0.1, 0.15) is 43.4 Å². The maximum Gasteiger partial charge on any atom is 0.252 e. The molecule has 1 aliphatic rings. The van der Waals surface area contributed by atoms with Gasteiger partial charge >= 0.3 is 0 Å². The summed E-state index contributed by atoms with van der Waals surface area (Å²) in [5.41, 5.74) is -0.182. The Morgan fingerprint density at radius 2 is 1.77 bits per heavy atom. The molecule has 0 aliphatic carbocycles. The number of aliphatic imine (C=N–C) groups is 1. The number of nitrogens with one attached hydrogen (secondary N) is 1. The standard InChI is InChI=1S/C30H33BrN2O6S/c1-2-18-32-29(35)30(17-21-40(36,37)26-7-4-3-5-8-26)27(22-9-13-24(31)14-10-22)39-28(33-30)23-11-15-25(16-12-23)38-20-6-19-34/h3-5,7-16,27,34H,2,6,17-21H2,1H3,(H,32,35)/t27-,30-/m1/s1. The molecule has 2 N–H and O–H groups in total. The van der Waals surface area contributed by atoms with Crippen LogP contribution in [0.25, 0.3) is 0 Å². The fraction of sp³-hybridized carbons (Fsp3) is 0.333. The lowest BCUT2D eigenvalue weighted by Gasteiger charge is -2.30. The third-order valence-electron chi connectivity index (χ3n) is 6.59. The van der Waals surface area contributed by atoms with Crippen LogP contribution in [-0.4, -0.2) is 56.4 Å². The average molecular weight is 630 g/mol. The molecule has 8 nitrogen and oxygen atoms in total. The molecule has 1 heterocycles. The summed E-state index contributed by atoms with van der Waals surface area (Å²) in [5, 5.41) is 11.9. The van der Waals surface area contributed by atoms with Crippen LogP contribution < -0.4 is 10.1 Å². The van der Waals surface area contributed by atoms with Gasteiger partial charge in [0.1, 0.15) is 5.75 Å². The van der Waals surface area contributed by atoms with Crippen molar-refractivity contribution in [3.8, 4) is 5.75 Å². The molecule has 0 aromatic heterocycles. The van der Waals surface area contributed by atoms with Gasteiger partial charge in [0.15, 0.2) is 21.5 Å². The van der Waals surface area contributed by atoms with Gasteiger partial charge in [-0.2, -0.15) is 0 Å². The Labute approximate surface area is 243 Å². The average Bonchev–Trinajstić information content (AvgIpc) is 3.37. The topological polar surface area (TPSA) is 114 Å². The smallest absolute Gasteiger partial charge is 0.252 e. The lowest BCUT2D eigenvalue weighted by atomic mass is 9.85. The van der Waals surface area contributed by atoms with Crippen LogP contribution in [0, 0.1) is 0 Å². The summed E-state index contributed by atoms with van der Waals surface area (Å²) in [6.45, 7) is 2.80. The van der Waals surface area contributed by atoms with Crippen molar-refractivity contribution >= 4 is 37.6 Å².